The fourth-order valence-corrected chi connectivity index (χ4v) is 0.428. The number of phenolic OH excluding ortho intramolecular Hbond substituents is 1. The van der Waals surface area contributed by atoms with E-state index in [1.807, 2.05) is 6.07 Å². The molecule has 0 aliphatic rings. The van der Waals surface area contributed by atoms with Crippen molar-refractivity contribution >= 4 is 23.1 Å². The van der Waals surface area contributed by atoms with Gasteiger partial charge < -0.3 is 12.0 Å². The van der Waals surface area contributed by atoms with Crippen molar-refractivity contribution < 1.29 is 5.11 Å². The fourth-order valence-electron chi connectivity index (χ4n) is 0.428. The normalized spacial score (nSPS) is 7.50. The van der Waals surface area contributed by atoms with Crippen LogP contribution in [0.1, 0.15) is 19.8 Å². The van der Waals surface area contributed by atoms with E-state index in [0.717, 1.165) is 6.42 Å². The maximum Gasteiger partial charge on any atom is 2.00 e. The summed E-state index contributed by atoms with van der Waals surface area (Å²) < 4.78 is 0. The van der Waals surface area contributed by atoms with Gasteiger partial charge in [-0.05, 0) is 12.1 Å². The molecule has 0 aromatic heterocycles. The molecule has 1 aromatic carbocycles. The minimum absolute atomic E-state index is 0. The van der Waals surface area contributed by atoms with Gasteiger partial charge in [0.25, 0.3) is 0 Å². The first-order valence-corrected chi connectivity index (χ1v) is 3.84. The van der Waals surface area contributed by atoms with Crippen LogP contribution in [0.25, 0.3) is 0 Å². The molecule has 0 aliphatic heterocycles. The molecule has 0 spiro atoms. The van der Waals surface area contributed by atoms with Crippen LogP contribution in [-0.4, -0.2) is 28.2 Å². The number of phenols is 1. The van der Waals surface area contributed by atoms with Crippen LogP contribution in [-0.2, 0) is 0 Å². The van der Waals surface area contributed by atoms with Gasteiger partial charge in [-0.15, -0.1) is 0 Å². The predicted octanol–water partition coefficient (Wildman–Crippen LogP) is 2.63. The number of rotatable bonds is 1. The number of unbranched alkanes of at least 4 members (excludes halogenated alkanes) is 1. The monoisotopic (exact) mass is 175 g/mol. The van der Waals surface area contributed by atoms with Crippen molar-refractivity contribution in [1.82, 2.24) is 0 Å². The summed E-state index contributed by atoms with van der Waals surface area (Å²) in [4.78, 5) is 0. The largest absolute Gasteiger partial charge is 2.00 e. The van der Waals surface area contributed by atoms with Crippen LogP contribution in [0, 0.1) is 6.92 Å². The Bertz CT molecular complexity index is 161. The van der Waals surface area contributed by atoms with Gasteiger partial charge in [-0.3, -0.25) is 0 Å². The molecule has 0 saturated heterocycles. The average Bonchev–Trinajstić information content (AvgIpc) is 2.07. The Morgan fingerprint density at radius 1 is 1.25 bits per heavy atom. The molecule has 1 nitrogen and oxygen atoms in total. The predicted molar refractivity (Wildman–Crippen MR) is 54.1 cm³/mol. The minimum atomic E-state index is 0. The van der Waals surface area contributed by atoms with Crippen molar-refractivity contribution in [2.24, 2.45) is 0 Å². The van der Waals surface area contributed by atoms with E-state index in [9.17, 15) is 0 Å². The quantitative estimate of drug-likeness (QED) is 0.514. The van der Waals surface area contributed by atoms with E-state index in [-0.39, 0.29) is 23.1 Å². The van der Waals surface area contributed by atoms with Crippen molar-refractivity contribution in [3.05, 3.63) is 37.3 Å². The molecule has 0 fully saturated rings. The first-order chi connectivity index (χ1) is 5.31. The molecule has 0 aliphatic carbocycles. The first kappa shape index (κ1) is 14.3. The van der Waals surface area contributed by atoms with Crippen molar-refractivity contribution in [2.45, 2.75) is 19.8 Å². The number of hydrogen-bond donors (Lipinski definition) is 1. The molecule has 0 saturated carbocycles. The summed E-state index contributed by atoms with van der Waals surface area (Å²) in [5.41, 5.74) is 0. The zero-order valence-corrected chi connectivity index (χ0v) is 9.08. The van der Waals surface area contributed by atoms with Gasteiger partial charge in [-0.1, -0.05) is 31.5 Å². The Morgan fingerprint density at radius 3 is 1.83 bits per heavy atom. The molecular formula is C10H15MgO+. The smallest absolute Gasteiger partial charge is 0.508 e. The van der Waals surface area contributed by atoms with Gasteiger partial charge in [-0.25, -0.2) is 0 Å². The van der Waals surface area contributed by atoms with Crippen LogP contribution in [0.2, 0.25) is 0 Å². The number of hydrogen-bond acceptors (Lipinski definition) is 1. The van der Waals surface area contributed by atoms with Crippen LogP contribution in [0.5, 0.6) is 5.75 Å². The maximum absolute atomic E-state index is 8.63. The maximum atomic E-state index is 8.63. The van der Waals surface area contributed by atoms with E-state index >= 15 is 0 Å². The summed E-state index contributed by atoms with van der Waals surface area (Å²) in [6, 6.07) is 8.71. The molecule has 0 bridgehead atoms. The van der Waals surface area contributed by atoms with Gasteiger partial charge in [-0.2, -0.15) is 6.42 Å². The molecular weight excluding hydrogens is 160 g/mol. The van der Waals surface area contributed by atoms with E-state index in [1.165, 1.54) is 6.42 Å². The summed E-state index contributed by atoms with van der Waals surface area (Å²) in [6.07, 6.45) is 2.28. The Kier molecular flexibility index (Phi) is 12.9. The van der Waals surface area contributed by atoms with Crippen LogP contribution in [0.3, 0.4) is 0 Å². The number of benzene rings is 1. The summed E-state index contributed by atoms with van der Waals surface area (Å²) in [7, 11) is 0. The van der Waals surface area contributed by atoms with Crippen LogP contribution in [0.4, 0.5) is 0 Å². The first-order valence-electron chi connectivity index (χ1n) is 3.84. The topological polar surface area (TPSA) is 20.2 Å². The molecule has 1 N–H and O–H groups in total. The third-order valence-corrected chi connectivity index (χ3v) is 1.11. The van der Waals surface area contributed by atoms with Gasteiger partial charge in [0.2, 0.25) is 0 Å². The summed E-state index contributed by atoms with van der Waals surface area (Å²) in [6.45, 7) is 5.72. The molecule has 62 valence electrons. The van der Waals surface area contributed by atoms with Crippen LogP contribution < -0.4 is 0 Å². The van der Waals surface area contributed by atoms with E-state index in [0.29, 0.717) is 5.75 Å². The molecule has 0 heterocycles. The third-order valence-electron chi connectivity index (χ3n) is 1.11. The zero-order valence-electron chi connectivity index (χ0n) is 7.66. The molecule has 12 heavy (non-hydrogen) atoms. The second-order valence-corrected chi connectivity index (χ2v) is 2.19. The average molecular weight is 176 g/mol. The Balaban J connectivity index is 0. The molecule has 0 amide bonds. The summed E-state index contributed by atoms with van der Waals surface area (Å²) in [5.74, 6) is 0.322. The Labute approximate surface area is 91.0 Å². The van der Waals surface area contributed by atoms with Crippen molar-refractivity contribution in [1.29, 1.82) is 0 Å². The van der Waals surface area contributed by atoms with E-state index < -0.39 is 0 Å². The fraction of sp³-hybridized carbons (Fsp3) is 0.300. The molecule has 0 radical (unpaired) electrons. The Morgan fingerprint density at radius 2 is 1.67 bits per heavy atom. The van der Waals surface area contributed by atoms with E-state index in [2.05, 4.69) is 13.8 Å². The zero-order chi connectivity index (χ0) is 8.53. The molecule has 2 heteroatoms. The van der Waals surface area contributed by atoms with Crippen molar-refractivity contribution in [3.8, 4) is 5.75 Å². The number of aromatic hydroxyl groups is 1. The van der Waals surface area contributed by atoms with Crippen LogP contribution >= 0.6 is 0 Å². The van der Waals surface area contributed by atoms with E-state index in [4.69, 9.17) is 5.11 Å². The third kappa shape index (κ3) is 9.79. The molecule has 1 rings (SSSR count). The van der Waals surface area contributed by atoms with Crippen molar-refractivity contribution in [2.75, 3.05) is 0 Å². The SMILES string of the molecule is Oc1ccccc1.[CH2-]CCC.[Mg+2]. The van der Waals surface area contributed by atoms with Gasteiger partial charge in [0, 0.05) is 0 Å². The molecule has 1 aromatic rings. The van der Waals surface area contributed by atoms with Gasteiger partial charge in [0.15, 0.2) is 0 Å². The van der Waals surface area contributed by atoms with Crippen LogP contribution in [0.15, 0.2) is 30.3 Å². The second-order valence-electron chi connectivity index (χ2n) is 2.19. The van der Waals surface area contributed by atoms with Gasteiger partial charge in [0.05, 0.1) is 0 Å². The molecule has 0 atom stereocenters. The van der Waals surface area contributed by atoms with Gasteiger partial charge in [0.1, 0.15) is 5.75 Å². The summed E-state index contributed by atoms with van der Waals surface area (Å²) >= 11 is 0. The van der Waals surface area contributed by atoms with E-state index in [1.54, 1.807) is 24.3 Å². The minimum Gasteiger partial charge on any atom is -0.508 e. The molecule has 0 unspecified atom stereocenters. The van der Waals surface area contributed by atoms with Gasteiger partial charge >= 0.3 is 23.1 Å². The van der Waals surface area contributed by atoms with Crippen molar-refractivity contribution in [3.63, 3.8) is 0 Å². The summed E-state index contributed by atoms with van der Waals surface area (Å²) in [5, 5.41) is 8.63. The number of para-hydroxylation sites is 1. The second kappa shape index (κ2) is 10.8. The standard InChI is InChI=1S/C6H6O.C4H9.Mg/c7-6-4-2-1-3-5-6;1-3-4-2;/h1-5,7H;1,3-4H2,2H3;/q;-1;+2. The Hall–Kier alpha value is -0.214.